The molecule has 2 heterocycles. The molecule has 172 valence electrons. The molecule has 1 N–H and O–H groups in total. The standard InChI is InChI=1S/C31H31NS2/c1-2-3-4-5-6-9-16-32-24-13-15-26-23(19-24)18-22-17-21(12-14-25(22)26)29-20-30-31(34-29)27-10-7-8-11-28(27)33-30/h7-8,10-15,17,19-20,32H,2-6,9,16,18H2,1H3. The smallest absolute Gasteiger partial charge is 0.0535 e. The van der Waals surface area contributed by atoms with E-state index < -0.39 is 0 Å². The minimum absolute atomic E-state index is 1.04. The Kier molecular flexibility index (Phi) is 6.15. The van der Waals surface area contributed by atoms with E-state index in [1.54, 1.807) is 0 Å². The molecule has 0 spiro atoms. The number of benzene rings is 3. The average molecular weight is 482 g/mol. The summed E-state index contributed by atoms with van der Waals surface area (Å²) in [7, 11) is 0. The maximum atomic E-state index is 3.66. The van der Waals surface area contributed by atoms with Crippen LogP contribution in [0.5, 0.6) is 0 Å². The summed E-state index contributed by atoms with van der Waals surface area (Å²) in [5.74, 6) is 0. The predicted octanol–water partition coefficient (Wildman–Crippen LogP) is 10.1. The minimum atomic E-state index is 1.04. The van der Waals surface area contributed by atoms with Crippen LogP contribution in [0.2, 0.25) is 0 Å². The molecule has 0 fully saturated rings. The highest BCUT2D eigenvalue weighted by Gasteiger charge is 2.20. The lowest BCUT2D eigenvalue weighted by molar-refractivity contribution is 0.617. The third kappa shape index (κ3) is 4.16. The van der Waals surface area contributed by atoms with E-state index in [1.165, 1.54) is 96.4 Å². The predicted molar refractivity (Wildman–Crippen MR) is 153 cm³/mol. The van der Waals surface area contributed by atoms with Crippen molar-refractivity contribution in [1.29, 1.82) is 0 Å². The first-order chi connectivity index (χ1) is 16.8. The Morgan fingerprint density at radius 3 is 2.44 bits per heavy atom. The second-order valence-electron chi connectivity index (χ2n) is 9.52. The summed E-state index contributed by atoms with van der Waals surface area (Å²) < 4.78 is 4.23. The molecule has 0 saturated carbocycles. The zero-order chi connectivity index (χ0) is 22.9. The van der Waals surface area contributed by atoms with Gasteiger partial charge in [0, 0.05) is 31.9 Å². The summed E-state index contributed by atoms with van der Waals surface area (Å²) in [4.78, 5) is 1.38. The average Bonchev–Trinajstić information content (AvgIpc) is 3.53. The second kappa shape index (κ2) is 9.56. The van der Waals surface area contributed by atoms with E-state index in [9.17, 15) is 0 Å². The molecule has 0 saturated heterocycles. The Balaban J connectivity index is 1.16. The fourth-order valence-corrected chi connectivity index (χ4v) is 7.77. The number of rotatable bonds is 9. The van der Waals surface area contributed by atoms with Crippen LogP contribution in [0.4, 0.5) is 5.69 Å². The van der Waals surface area contributed by atoms with Gasteiger partial charge in [-0.05, 0) is 71.0 Å². The molecule has 1 nitrogen and oxygen atoms in total. The molecule has 1 aliphatic rings. The van der Waals surface area contributed by atoms with Crippen LogP contribution in [0.25, 0.3) is 41.1 Å². The number of fused-ring (bicyclic) bond motifs is 6. The SMILES string of the molecule is CCCCCCCCNc1ccc2c(c1)Cc1cc(-c3cc4sc5ccccc5c4s3)ccc1-2. The molecule has 1 aliphatic carbocycles. The molecule has 3 heteroatoms. The van der Waals surface area contributed by atoms with Crippen molar-refractivity contribution in [2.45, 2.75) is 51.9 Å². The van der Waals surface area contributed by atoms with Crippen LogP contribution >= 0.6 is 22.7 Å². The number of hydrogen-bond acceptors (Lipinski definition) is 3. The molecule has 34 heavy (non-hydrogen) atoms. The van der Waals surface area contributed by atoms with Gasteiger partial charge in [-0.1, -0.05) is 75.4 Å². The van der Waals surface area contributed by atoms with Crippen LogP contribution in [0, 0.1) is 0 Å². The van der Waals surface area contributed by atoms with E-state index in [0.29, 0.717) is 0 Å². The number of hydrogen-bond donors (Lipinski definition) is 1. The van der Waals surface area contributed by atoms with Gasteiger partial charge >= 0.3 is 0 Å². The van der Waals surface area contributed by atoms with Gasteiger partial charge in [-0.2, -0.15) is 0 Å². The normalized spacial score (nSPS) is 12.4. The van der Waals surface area contributed by atoms with Crippen molar-refractivity contribution in [1.82, 2.24) is 0 Å². The summed E-state index contributed by atoms with van der Waals surface area (Å²) in [6.45, 7) is 3.35. The van der Waals surface area contributed by atoms with Crippen molar-refractivity contribution in [2.24, 2.45) is 0 Å². The largest absolute Gasteiger partial charge is 0.385 e. The second-order valence-corrected chi connectivity index (χ2v) is 11.7. The van der Waals surface area contributed by atoms with Crippen molar-refractivity contribution >= 4 is 47.8 Å². The maximum Gasteiger partial charge on any atom is 0.0535 e. The van der Waals surface area contributed by atoms with Crippen molar-refractivity contribution in [2.75, 3.05) is 11.9 Å². The van der Waals surface area contributed by atoms with Crippen molar-refractivity contribution in [3.63, 3.8) is 0 Å². The summed E-state index contributed by atoms with van der Waals surface area (Å²) in [5.41, 5.74) is 8.35. The van der Waals surface area contributed by atoms with Gasteiger partial charge in [0.2, 0.25) is 0 Å². The zero-order valence-corrected chi connectivity index (χ0v) is 21.5. The van der Waals surface area contributed by atoms with Crippen LogP contribution in [0.15, 0.2) is 66.7 Å². The van der Waals surface area contributed by atoms with Crippen LogP contribution in [0.3, 0.4) is 0 Å². The molecule has 5 aromatic rings. The van der Waals surface area contributed by atoms with Gasteiger partial charge in [-0.25, -0.2) is 0 Å². The molecule has 0 unspecified atom stereocenters. The maximum absolute atomic E-state index is 3.66. The summed E-state index contributed by atoms with van der Waals surface area (Å²) in [6.07, 6.45) is 9.09. The Labute approximate surface area is 210 Å². The fourth-order valence-electron chi connectivity index (χ4n) is 5.25. The van der Waals surface area contributed by atoms with Crippen molar-refractivity contribution in [3.05, 3.63) is 77.9 Å². The fraction of sp³-hybridized carbons (Fsp3) is 0.290. The summed E-state index contributed by atoms with van der Waals surface area (Å²) in [5, 5.41) is 5.06. The molecule has 0 bridgehead atoms. The Morgan fingerprint density at radius 1 is 0.735 bits per heavy atom. The third-order valence-electron chi connectivity index (χ3n) is 7.08. The first kappa shape index (κ1) is 21.9. The zero-order valence-electron chi connectivity index (χ0n) is 19.8. The van der Waals surface area contributed by atoms with Crippen LogP contribution in [0.1, 0.15) is 56.6 Å². The highest BCUT2D eigenvalue weighted by atomic mass is 32.1. The van der Waals surface area contributed by atoms with E-state index >= 15 is 0 Å². The molecule has 6 rings (SSSR count). The lowest BCUT2D eigenvalue weighted by atomic mass is 10.0. The van der Waals surface area contributed by atoms with Crippen LogP contribution in [-0.4, -0.2) is 6.54 Å². The molecular weight excluding hydrogens is 450 g/mol. The Hall–Kier alpha value is -2.62. The highest BCUT2D eigenvalue weighted by Crippen LogP contribution is 2.45. The number of unbranched alkanes of at least 4 members (excludes halogenated alkanes) is 5. The molecule has 3 aromatic carbocycles. The van der Waals surface area contributed by atoms with Gasteiger partial charge in [-0.15, -0.1) is 22.7 Å². The number of thiophene rings is 2. The minimum Gasteiger partial charge on any atom is -0.385 e. The van der Waals surface area contributed by atoms with Gasteiger partial charge in [0.25, 0.3) is 0 Å². The first-order valence-electron chi connectivity index (χ1n) is 12.7. The van der Waals surface area contributed by atoms with Crippen molar-refractivity contribution in [3.8, 4) is 21.6 Å². The van der Waals surface area contributed by atoms with E-state index in [2.05, 4.69) is 79.0 Å². The quantitative estimate of drug-likeness (QED) is 0.203. The van der Waals surface area contributed by atoms with Gasteiger partial charge < -0.3 is 5.32 Å². The van der Waals surface area contributed by atoms with E-state index in [1.807, 2.05) is 22.7 Å². The molecule has 2 aromatic heterocycles. The topological polar surface area (TPSA) is 12.0 Å². The Morgan fingerprint density at radius 2 is 1.53 bits per heavy atom. The molecule has 0 amide bonds. The first-order valence-corrected chi connectivity index (χ1v) is 14.3. The Bertz CT molecular complexity index is 1460. The molecular formula is C31H31NS2. The molecule has 0 aliphatic heterocycles. The van der Waals surface area contributed by atoms with Gasteiger partial charge in [0.05, 0.1) is 4.70 Å². The summed E-state index contributed by atoms with van der Waals surface area (Å²) in [6, 6.07) is 25.2. The third-order valence-corrected chi connectivity index (χ3v) is 9.54. The molecule has 0 radical (unpaired) electrons. The summed E-state index contributed by atoms with van der Waals surface area (Å²) >= 11 is 3.85. The van der Waals surface area contributed by atoms with Gasteiger partial charge in [0.1, 0.15) is 0 Å². The van der Waals surface area contributed by atoms with E-state index in [4.69, 9.17) is 0 Å². The van der Waals surface area contributed by atoms with Gasteiger partial charge in [-0.3, -0.25) is 0 Å². The lowest BCUT2D eigenvalue weighted by Gasteiger charge is -2.09. The van der Waals surface area contributed by atoms with Crippen LogP contribution < -0.4 is 5.32 Å². The highest BCUT2D eigenvalue weighted by molar-refractivity contribution is 7.33. The van der Waals surface area contributed by atoms with Gasteiger partial charge in [0.15, 0.2) is 0 Å². The number of nitrogens with one attached hydrogen (secondary N) is 1. The van der Waals surface area contributed by atoms with Crippen molar-refractivity contribution < 1.29 is 0 Å². The monoisotopic (exact) mass is 481 g/mol. The van der Waals surface area contributed by atoms with E-state index in [-0.39, 0.29) is 0 Å². The van der Waals surface area contributed by atoms with E-state index in [0.717, 1.165) is 13.0 Å². The number of anilines is 1. The lowest BCUT2D eigenvalue weighted by Crippen LogP contribution is -2.01. The molecule has 0 atom stereocenters. The van der Waals surface area contributed by atoms with Crippen LogP contribution in [-0.2, 0) is 6.42 Å².